The molecule has 1 saturated heterocycles. The summed E-state index contributed by atoms with van der Waals surface area (Å²) in [6, 6.07) is 1.83. The van der Waals surface area contributed by atoms with Crippen LogP contribution in [0.25, 0.3) is 0 Å². The van der Waals surface area contributed by atoms with Crippen molar-refractivity contribution in [3.8, 4) is 0 Å². The average Bonchev–Trinajstić information content (AvgIpc) is 2.64. The molecular weight excluding hydrogens is 338 g/mol. The monoisotopic (exact) mass is 365 g/mol. The van der Waals surface area contributed by atoms with E-state index in [1.165, 1.54) is 31.3 Å². The summed E-state index contributed by atoms with van der Waals surface area (Å²) in [5, 5.41) is 3.06. The summed E-state index contributed by atoms with van der Waals surface area (Å²) < 4.78 is 0. The number of carbonyl (C=O) groups excluding carboxylic acids is 1. The van der Waals surface area contributed by atoms with E-state index in [9.17, 15) is 4.79 Å². The van der Waals surface area contributed by atoms with Gasteiger partial charge in [0.2, 0.25) is 11.9 Å². The Bertz CT molecular complexity index is 558. The Balaban J connectivity index is 0.00000225. The summed E-state index contributed by atoms with van der Waals surface area (Å²) in [6.45, 7) is 4.73. The predicted octanol–water partition coefficient (Wildman–Crippen LogP) is 2.03. The lowest BCUT2D eigenvalue weighted by Crippen LogP contribution is -2.50. The molecule has 1 fully saturated rings. The number of allylic oxidation sites excluding steroid dienone is 1. The molecule has 1 N–H and O–H groups in total. The predicted molar refractivity (Wildman–Crippen MR) is 102 cm³/mol. The first-order valence-electron chi connectivity index (χ1n) is 9.00. The summed E-state index contributed by atoms with van der Waals surface area (Å²) in [5.74, 6) is 0.915. The maximum absolute atomic E-state index is 12.1. The van der Waals surface area contributed by atoms with Gasteiger partial charge < -0.3 is 10.2 Å². The van der Waals surface area contributed by atoms with Crippen molar-refractivity contribution >= 4 is 24.3 Å². The number of amides is 1. The van der Waals surface area contributed by atoms with Crippen LogP contribution in [-0.4, -0.2) is 60.0 Å². The van der Waals surface area contributed by atoms with Gasteiger partial charge in [-0.1, -0.05) is 11.6 Å². The van der Waals surface area contributed by atoms with Crippen LogP contribution >= 0.6 is 12.4 Å². The van der Waals surface area contributed by atoms with Crippen LogP contribution in [-0.2, 0) is 4.79 Å². The zero-order valence-electron chi connectivity index (χ0n) is 14.7. The van der Waals surface area contributed by atoms with Crippen molar-refractivity contribution < 1.29 is 4.79 Å². The second-order valence-electron chi connectivity index (χ2n) is 6.52. The fourth-order valence-corrected chi connectivity index (χ4v) is 3.31. The number of piperazine rings is 1. The quantitative estimate of drug-likeness (QED) is 0.781. The van der Waals surface area contributed by atoms with Crippen LogP contribution in [0, 0.1) is 0 Å². The van der Waals surface area contributed by atoms with Crippen molar-refractivity contribution in [2.24, 2.45) is 0 Å². The Morgan fingerprint density at radius 1 is 1.12 bits per heavy atom. The molecule has 2 aliphatic rings. The highest BCUT2D eigenvalue weighted by molar-refractivity contribution is 5.85. The molecule has 3 rings (SSSR count). The SMILES string of the molecule is Cl.O=C(CN1CCN(c2ncccn2)CC1)NCCC1=CCCCC1. The molecule has 25 heavy (non-hydrogen) atoms. The second kappa shape index (κ2) is 10.4. The van der Waals surface area contributed by atoms with E-state index in [0.29, 0.717) is 6.54 Å². The van der Waals surface area contributed by atoms with Crippen LogP contribution in [0.1, 0.15) is 32.1 Å². The number of hydrogen-bond donors (Lipinski definition) is 1. The van der Waals surface area contributed by atoms with Gasteiger partial charge >= 0.3 is 0 Å². The molecule has 1 amide bonds. The molecule has 6 nitrogen and oxygen atoms in total. The molecular formula is C18H28ClN5O. The van der Waals surface area contributed by atoms with Crippen LogP contribution in [0.2, 0.25) is 0 Å². The lowest BCUT2D eigenvalue weighted by atomic mass is 9.97. The van der Waals surface area contributed by atoms with Gasteiger partial charge in [0.15, 0.2) is 0 Å². The van der Waals surface area contributed by atoms with E-state index in [2.05, 4.69) is 31.2 Å². The molecule has 1 aromatic heterocycles. The Hall–Kier alpha value is -1.66. The topological polar surface area (TPSA) is 61.4 Å². The minimum absolute atomic E-state index is 0. The summed E-state index contributed by atoms with van der Waals surface area (Å²) in [7, 11) is 0. The van der Waals surface area contributed by atoms with E-state index in [0.717, 1.165) is 45.1 Å². The largest absolute Gasteiger partial charge is 0.355 e. The molecule has 0 radical (unpaired) electrons. The van der Waals surface area contributed by atoms with Crippen LogP contribution in [0.5, 0.6) is 0 Å². The summed E-state index contributed by atoms with van der Waals surface area (Å²) in [6.07, 6.45) is 11.9. The highest BCUT2D eigenvalue weighted by Gasteiger charge is 2.20. The zero-order valence-corrected chi connectivity index (χ0v) is 15.5. The first-order chi connectivity index (χ1) is 11.8. The van der Waals surface area contributed by atoms with Crippen molar-refractivity contribution in [3.63, 3.8) is 0 Å². The lowest BCUT2D eigenvalue weighted by Gasteiger charge is -2.34. The molecule has 0 spiro atoms. The fourth-order valence-electron chi connectivity index (χ4n) is 3.31. The van der Waals surface area contributed by atoms with Gasteiger partial charge in [0, 0.05) is 45.1 Å². The second-order valence-corrected chi connectivity index (χ2v) is 6.52. The molecule has 1 aliphatic heterocycles. The molecule has 7 heteroatoms. The Morgan fingerprint density at radius 2 is 1.88 bits per heavy atom. The van der Waals surface area contributed by atoms with Crippen molar-refractivity contribution in [2.45, 2.75) is 32.1 Å². The molecule has 0 saturated carbocycles. The minimum atomic E-state index is 0. The van der Waals surface area contributed by atoms with Crippen LogP contribution in [0.15, 0.2) is 30.1 Å². The third-order valence-corrected chi connectivity index (χ3v) is 4.73. The summed E-state index contributed by atoms with van der Waals surface area (Å²) in [4.78, 5) is 25.0. The highest BCUT2D eigenvalue weighted by Crippen LogP contribution is 2.19. The zero-order chi connectivity index (χ0) is 16.6. The number of halogens is 1. The van der Waals surface area contributed by atoms with Crippen molar-refractivity contribution in [2.75, 3.05) is 44.2 Å². The lowest BCUT2D eigenvalue weighted by molar-refractivity contribution is -0.122. The maximum Gasteiger partial charge on any atom is 0.234 e. The van der Waals surface area contributed by atoms with Gasteiger partial charge in [-0.3, -0.25) is 9.69 Å². The average molecular weight is 366 g/mol. The number of carbonyl (C=O) groups is 1. The fraction of sp³-hybridized carbons (Fsp3) is 0.611. The Kier molecular flexibility index (Phi) is 8.15. The van der Waals surface area contributed by atoms with Gasteiger partial charge in [-0.2, -0.15) is 0 Å². The number of nitrogens with one attached hydrogen (secondary N) is 1. The van der Waals surface area contributed by atoms with Gasteiger partial charge in [-0.05, 0) is 38.2 Å². The van der Waals surface area contributed by atoms with Gasteiger partial charge in [0.05, 0.1) is 6.54 Å². The normalized spacial score (nSPS) is 18.2. The van der Waals surface area contributed by atoms with E-state index in [1.807, 2.05) is 6.07 Å². The highest BCUT2D eigenvalue weighted by atomic mass is 35.5. The Labute approximate surface area is 156 Å². The molecule has 2 heterocycles. The first kappa shape index (κ1) is 19.7. The Morgan fingerprint density at radius 3 is 2.56 bits per heavy atom. The van der Waals surface area contributed by atoms with E-state index >= 15 is 0 Å². The van der Waals surface area contributed by atoms with Crippen molar-refractivity contribution in [1.82, 2.24) is 20.2 Å². The number of rotatable bonds is 6. The maximum atomic E-state index is 12.1. The van der Waals surface area contributed by atoms with Crippen molar-refractivity contribution in [3.05, 3.63) is 30.1 Å². The van der Waals surface area contributed by atoms with Crippen LogP contribution < -0.4 is 10.2 Å². The number of hydrogen-bond acceptors (Lipinski definition) is 5. The summed E-state index contributed by atoms with van der Waals surface area (Å²) in [5.41, 5.74) is 1.51. The third-order valence-electron chi connectivity index (χ3n) is 4.73. The standard InChI is InChI=1S/C18H27N5O.ClH/c24-17(19-10-7-16-5-2-1-3-6-16)15-22-11-13-23(14-12-22)18-20-8-4-9-21-18;/h4-5,8-9H,1-3,6-7,10-15H2,(H,19,24);1H. The molecule has 0 bridgehead atoms. The van der Waals surface area contributed by atoms with Crippen LogP contribution in [0.3, 0.4) is 0 Å². The number of aromatic nitrogens is 2. The van der Waals surface area contributed by atoms with Gasteiger partial charge in [0.25, 0.3) is 0 Å². The van der Waals surface area contributed by atoms with E-state index in [-0.39, 0.29) is 18.3 Å². The molecule has 138 valence electrons. The van der Waals surface area contributed by atoms with E-state index in [4.69, 9.17) is 0 Å². The molecule has 1 aromatic rings. The minimum Gasteiger partial charge on any atom is -0.355 e. The number of nitrogens with zero attached hydrogens (tertiary/aromatic N) is 4. The van der Waals surface area contributed by atoms with Gasteiger partial charge in [-0.15, -0.1) is 12.4 Å². The van der Waals surface area contributed by atoms with Gasteiger partial charge in [0.1, 0.15) is 0 Å². The molecule has 1 aliphatic carbocycles. The third kappa shape index (κ3) is 6.29. The molecule has 0 unspecified atom stereocenters. The number of anilines is 1. The van der Waals surface area contributed by atoms with E-state index in [1.54, 1.807) is 12.4 Å². The van der Waals surface area contributed by atoms with Crippen molar-refractivity contribution in [1.29, 1.82) is 0 Å². The van der Waals surface area contributed by atoms with E-state index < -0.39 is 0 Å². The summed E-state index contributed by atoms with van der Waals surface area (Å²) >= 11 is 0. The van der Waals surface area contributed by atoms with Gasteiger partial charge in [-0.25, -0.2) is 9.97 Å². The smallest absolute Gasteiger partial charge is 0.234 e. The first-order valence-corrected chi connectivity index (χ1v) is 9.00. The van der Waals surface area contributed by atoms with Crippen LogP contribution in [0.4, 0.5) is 5.95 Å². The molecule has 0 atom stereocenters. The molecule has 0 aromatic carbocycles.